The van der Waals surface area contributed by atoms with Crippen molar-refractivity contribution in [3.05, 3.63) is 35.4 Å². The smallest absolute Gasteiger partial charge is 0.191 e. The van der Waals surface area contributed by atoms with Crippen LogP contribution >= 0.6 is 0 Å². The molecule has 0 aromatic heterocycles. The van der Waals surface area contributed by atoms with Gasteiger partial charge in [0.2, 0.25) is 0 Å². The van der Waals surface area contributed by atoms with Crippen molar-refractivity contribution in [1.82, 2.24) is 10.6 Å². The first kappa shape index (κ1) is 11.6. The van der Waals surface area contributed by atoms with Gasteiger partial charge in [-0.15, -0.1) is 0 Å². The van der Waals surface area contributed by atoms with Crippen LogP contribution < -0.4 is 10.6 Å². The molecule has 3 heteroatoms. The first-order valence-electron chi connectivity index (χ1n) is 6.97. The summed E-state index contributed by atoms with van der Waals surface area (Å²) >= 11 is 0. The zero-order valence-corrected chi connectivity index (χ0v) is 11.1. The lowest BCUT2D eigenvalue weighted by Gasteiger charge is -2.13. The van der Waals surface area contributed by atoms with Gasteiger partial charge in [0.25, 0.3) is 0 Å². The Kier molecular flexibility index (Phi) is 2.98. The number of guanidine groups is 1. The predicted octanol–water partition coefficient (Wildman–Crippen LogP) is 1.90. The monoisotopic (exact) mass is 243 g/mol. The van der Waals surface area contributed by atoms with Gasteiger partial charge in [0.05, 0.1) is 0 Å². The fraction of sp³-hybridized carbons (Fsp3) is 0.533. The van der Waals surface area contributed by atoms with Crippen molar-refractivity contribution in [3.8, 4) is 0 Å². The van der Waals surface area contributed by atoms with Crippen LogP contribution in [0.4, 0.5) is 0 Å². The summed E-state index contributed by atoms with van der Waals surface area (Å²) in [4.78, 5) is 4.47. The van der Waals surface area contributed by atoms with Crippen LogP contribution in [-0.2, 0) is 6.42 Å². The third-order valence-corrected chi connectivity index (χ3v) is 4.00. The van der Waals surface area contributed by atoms with Crippen molar-refractivity contribution in [1.29, 1.82) is 0 Å². The first-order chi connectivity index (χ1) is 8.85. The normalized spacial score (nSPS) is 28.6. The lowest BCUT2D eigenvalue weighted by atomic mass is 10.1. The summed E-state index contributed by atoms with van der Waals surface area (Å²) < 4.78 is 0. The van der Waals surface area contributed by atoms with Crippen LogP contribution in [0.1, 0.15) is 30.9 Å². The van der Waals surface area contributed by atoms with Crippen LogP contribution in [-0.4, -0.2) is 25.1 Å². The Bertz CT molecular complexity index is 467. The van der Waals surface area contributed by atoms with Gasteiger partial charge in [0, 0.05) is 25.0 Å². The van der Waals surface area contributed by atoms with Gasteiger partial charge in [-0.05, 0) is 37.3 Å². The number of hydrogen-bond acceptors (Lipinski definition) is 1. The van der Waals surface area contributed by atoms with Crippen LogP contribution in [0.2, 0.25) is 0 Å². The predicted molar refractivity (Wildman–Crippen MR) is 75.0 cm³/mol. The molecule has 0 spiro atoms. The molecule has 1 aromatic rings. The fourth-order valence-electron chi connectivity index (χ4n) is 3.18. The maximum absolute atomic E-state index is 4.47. The minimum absolute atomic E-state index is 0.587. The molecule has 0 bridgehead atoms. The van der Waals surface area contributed by atoms with Crippen molar-refractivity contribution < 1.29 is 0 Å². The molecular weight excluding hydrogens is 222 g/mol. The van der Waals surface area contributed by atoms with E-state index >= 15 is 0 Å². The molecule has 1 aromatic carbocycles. The van der Waals surface area contributed by atoms with Gasteiger partial charge >= 0.3 is 0 Å². The Morgan fingerprint density at radius 3 is 2.94 bits per heavy atom. The number of nitrogens with one attached hydrogen (secondary N) is 2. The van der Waals surface area contributed by atoms with E-state index in [1.807, 2.05) is 0 Å². The number of benzene rings is 1. The minimum Gasteiger partial charge on any atom is -0.357 e. The Morgan fingerprint density at radius 1 is 1.33 bits per heavy atom. The van der Waals surface area contributed by atoms with Crippen LogP contribution in [0, 0.1) is 5.92 Å². The van der Waals surface area contributed by atoms with Gasteiger partial charge in [-0.25, -0.2) is 0 Å². The summed E-state index contributed by atoms with van der Waals surface area (Å²) in [5.74, 6) is 2.46. The van der Waals surface area contributed by atoms with Gasteiger partial charge in [0.1, 0.15) is 0 Å². The molecule has 0 unspecified atom stereocenters. The Labute approximate surface area is 109 Å². The molecule has 18 heavy (non-hydrogen) atoms. The Morgan fingerprint density at radius 2 is 2.17 bits per heavy atom. The van der Waals surface area contributed by atoms with Crippen molar-refractivity contribution in [3.63, 3.8) is 0 Å². The molecule has 96 valence electrons. The fourth-order valence-corrected chi connectivity index (χ4v) is 3.18. The highest BCUT2D eigenvalue weighted by Crippen LogP contribution is 2.56. The van der Waals surface area contributed by atoms with Crippen molar-refractivity contribution >= 4 is 5.96 Å². The first-order valence-corrected chi connectivity index (χ1v) is 6.97. The molecule has 1 fully saturated rings. The summed E-state index contributed by atoms with van der Waals surface area (Å²) in [6.07, 6.45) is 1.23. The molecule has 0 aliphatic heterocycles. The molecule has 3 nitrogen and oxygen atoms in total. The summed E-state index contributed by atoms with van der Waals surface area (Å²) in [5, 5.41) is 6.88. The average molecular weight is 243 g/mol. The molecule has 2 aliphatic rings. The van der Waals surface area contributed by atoms with Crippen LogP contribution in [0.25, 0.3) is 0 Å². The van der Waals surface area contributed by atoms with E-state index in [1.54, 1.807) is 11.1 Å². The maximum atomic E-state index is 4.47. The van der Waals surface area contributed by atoms with Crippen LogP contribution in [0.5, 0.6) is 0 Å². The molecule has 2 aliphatic carbocycles. The van der Waals surface area contributed by atoms with E-state index in [1.165, 1.54) is 6.42 Å². The van der Waals surface area contributed by atoms with Crippen molar-refractivity contribution in [2.45, 2.75) is 32.2 Å². The van der Waals surface area contributed by atoms with Gasteiger partial charge in [-0.2, -0.15) is 0 Å². The molecule has 3 atom stereocenters. The zero-order chi connectivity index (χ0) is 12.5. The second-order valence-corrected chi connectivity index (χ2v) is 5.12. The summed E-state index contributed by atoms with van der Waals surface area (Å²) in [7, 11) is 0. The highest BCUT2D eigenvalue weighted by molar-refractivity contribution is 5.81. The van der Waals surface area contributed by atoms with Crippen molar-refractivity contribution in [2.24, 2.45) is 10.9 Å². The van der Waals surface area contributed by atoms with Gasteiger partial charge < -0.3 is 10.6 Å². The third-order valence-electron chi connectivity index (χ3n) is 4.00. The summed E-state index contributed by atoms with van der Waals surface area (Å²) in [6, 6.07) is 9.44. The molecule has 0 saturated heterocycles. The highest BCUT2D eigenvalue weighted by atomic mass is 15.2. The third kappa shape index (κ3) is 1.88. The molecule has 0 amide bonds. The molecule has 0 heterocycles. The summed E-state index contributed by atoms with van der Waals surface area (Å²) in [5.41, 5.74) is 3.09. The zero-order valence-electron chi connectivity index (χ0n) is 11.1. The lowest BCUT2D eigenvalue weighted by molar-refractivity contribution is 0.723. The van der Waals surface area contributed by atoms with E-state index in [0.29, 0.717) is 12.0 Å². The Balaban J connectivity index is 1.67. The van der Waals surface area contributed by atoms with E-state index in [4.69, 9.17) is 0 Å². The van der Waals surface area contributed by atoms with Crippen LogP contribution in [0.3, 0.4) is 0 Å². The summed E-state index contributed by atoms with van der Waals surface area (Å²) in [6.45, 7) is 5.93. The standard InChI is InChI=1S/C15H21N3/c1-3-16-15(17-4-2)18-14-12-9-10-7-5-6-8-11(10)13(12)14/h5-8,12-14H,3-4,9H2,1-2H3,(H2,16,17,18)/t12-,13+,14+/m0/s1. The molecular formula is C15H21N3. The topological polar surface area (TPSA) is 36.4 Å². The van der Waals surface area contributed by atoms with Gasteiger partial charge in [0.15, 0.2) is 5.96 Å². The molecule has 2 N–H and O–H groups in total. The highest BCUT2D eigenvalue weighted by Gasteiger charge is 2.55. The maximum Gasteiger partial charge on any atom is 0.191 e. The van der Waals surface area contributed by atoms with Crippen molar-refractivity contribution in [2.75, 3.05) is 13.1 Å². The van der Waals surface area contributed by atoms with E-state index in [2.05, 4.69) is 53.7 Å². The van der Waals surface area contributed by atoms with Gasteiger partial charge in [-0.3, -0.25) is 4.99 Å². The largest absolute Gasteiger partial charge is 0.357 e. The SMILES string of the molecule is CCN=C(NCC)N[C@@H]1[C@H]2Cc3ccccc3[C@H]21. The molecule has 0 radical (unpaired) electrons. The number of fused-ring (bicyclic) bond motifs is 3. The number of aliphatic imine (C=N–C) groups is 1. The second kappa shape index (κ2) is 4.63. The second-order valence-electron chi connectivity index (χ2n) is 5.12. The van der Waals surface area contributed by atoms with Crippen LogP contribution in [0.15, 0.2) is 29.3 Å². The van der Waals surface area contributed by atoms with E-state index in [-0.39, 0.29) is 0 Å². The number of nitrogens with zero attached hydrogens (tertiary/aromatic N) is 1. The van der Waals surface area contributed by atoms with E-state index < -0.39 is 0 Å². The quantitative estimate of drug-likeness (QED) is 0.628. The van der Waals surface area contributed by atoms with E-state index in [0.717, 1.165) is 25.0 Å². The minimum atomic E-state index is 0.587. The molecule has 1 saturated carbocycles. The number of rotatable bonds is 3. The lowest BCUT2D eigenvalue weighted by Crippen LogP contribution is -2.40. The van der Waals surface area contributed by atoms with Gasteiger partial charge in [-0.1, -0.05) is 24.3 Å². The number of hydrogen-bond donors (Lipinski definition) is 2. The molecule has 3 rings (SSSR count). The van der Waals surface area contributed by atoms with E-state index in [9.17, 15) is 0 Å². The Hall–Kier alpha value is -1.51. The average Bonchev–Trinajstić information content (AvgIpc) is 2.89.